The van der Waals surface area contributed by atoms with Crippen molar-refractivity contribution in [2.75, 3.05) is 31.2 Å². The summed E-state index contributed by atoms with van der Waals surface area (Å²) in [6, 6.07) is 1.93. The fraction of sp³-hybridized carbons (Fsp3) is 0.643. The SMILES string of the molecule is Cc1cc(CNC(=O)C2CC2)nc(N2CCOCC2)n1. The first-order chi connectivity index (χ1) is 9.72. The van der Waals surface area contributed by atoms with Crippen LogP contribution in [0, 0.1) is 12.8 Å². The van der Waals surface area contributed by atoms with E-state index < -0.39 is 0 Å². The summed E-state index contributed by atoms with van der Waals surface area (Å²) in [7, 11) is 0. The highest BCUT2D eigenvalue weighted by Crippen LogP contribution is 2.28. The van der Waals surface area contributed by atoms with Gasteiger partial charge in [-0.2, -0.15) is 0 Å². The van der Waals surface area contributed by atoms with Gasteiger partial charge in [0.15, 0.2) is 0 Å². The number of hydrogen-bond donors (Lipinski definition) is 1. The Labute approximate surface area is 118 Å². The molecule has 20 heavy (non-hydrogen) atoms. The van der Waals surface area contributed by atoms with Crippen LogP contribution in [0.1, 0.15) is 24.2 Å². The van der Waals surface area contributed by atoms with E-state index in [0.717, 1.165) is 43.3 Å². The van der Waals surface area contributed by atoms with Crippen LogP contribution in [0.15, 0.2) is 6.07 Å². The van der Waals surface area contributed by atoms with Crippen LogP contribution in [0.2, 0.25) is 0 Å². The van der Waals surface area contributed by atoms with E-state index in [1.165, 1.54) is 0 Å². The van der Waals surface area contributed by atoms with Crippen LogP contribution < -0.4 is 10.2 Å². The summed E-state index contributed by atoms with van der Waals surface area (Å²) in [6.45, 7) is 5.50. The lowest BCUT2D eigenvalue weighted by molar-refractivity contribution is -0.122. The minimum Gasteiger partial charge on any atom is -0.378 e. The van der Waals surface area contributed by atoms with Crippen LogP contribution in [0.4, 0.5) is 5.95 Å². The molecule has 1 aliphatic heterocycles. The molecule has 1 amide bonds. The maximum Gasteiger partial charge on any atom is 0.225 e. The van der Waals surface area contributed by atoms with Crippen molar-refractivity contribution in [3.8, 4) is 0 Å². The number of aromatic nitrogens is 2. The van der Waals surface area contributed by atoms with Gasteiger partial charge in [0, 0.05) is 24.7 Å². The minimum atomic E-state index is 0.147. The molecule has 1 aromatic rings. The molecule has 0 aromatic carbocycles. The normalized spacial score (nSPS) is 18.9. The van der Waals surface area contributed by atoms with Crippen LogP contribution in [0.5, 0.6) is 0 Å². The molecule has 1 saturated heterocycles. The predicted molar refractivity (Wildman–Crippen MR) is 74.4 cm³/mol. The van der Waals surface area contributed by atoms with E-state index in [4.69, 9.17) is 4.74 Å². The molecule has 1 aliphatic carbocycles. The van der Waals surface area contributed by atoms with Crippen molar-refractivity contribution in [3.05, 3.63) is 17.5 Å². The summed E-state index contributed by atoms with van der Waals surface area (Å²) in [4.78, 5) is 22.8. The first-order valence-corrected chi connectivity index (χ1v) is 7.17. The Morgan fingerprint density at radius 2 is 2.15 bits per heavy atom. The molecule has 2 aliphatic rings. The summed E-state index contributed by atoms with van der Waals surface area (Å²) in [5.41, 5.74) is 1.80. The summed E-state index contributed by atoms with van der Waals surface area (Å²) in [5.74, 6) is 1.12. The number of carbonyl (C=O) groups excluding carboxylic acids is 1. The van der Waals surface area contributed by atoms with E-state index >= 15 is 0 Å². The lowest BCUT2D eigenvalue weighted by Crippen LogP contribution is -2.37. The maximum absolute atomic E-state index is 11.7. The third-order valence-corrected chi connectivity index (χ3v) is 3.58. The molecule has 1 N–H and O–H groups in total. The number of anilines is 1. The third kappa shape index (κ3) is 3.25. The van der Waals surface area contributed by atoms with Gasteiger partial charge < -0.3 is 15.0 Å². The van der Waals surface area contributed by atoms with Crippen molar-refractivity contribution >= 4 is 11.9 Å². The standard InChI is InChI=1S/C14H20N4O2/c1-10-8-12(9-15-13(19)11-2-3-11)17-14(16-10)18-4-6-20-7-5-18/h8,11H,2-7,9H2,1H3,(H,15,19). The quantitative estimate of drug-likeness (QED) is 0.874. The molecule has 0 bridgehead atoms. The van der Waals surface area contributed by atoms with Crippen molar-refractivity contribution in [1.29, 1.82) is 0 Å². The zero-order valence-electron chi connectivity index (χ0n) is 11.8. The van der Waals surface area contributed by atoms with Crippen LogP contribution in [0.3, 0.4) is 0 Å². The van der Waals surface area contributed by atoms with Crippen molar-refractivity contribution in [2.45, 2.75) is 26.3 Å². The molecule has 3 rings (SSSR count). The zero-order valence-corrected chi connectivity index (χ0v) is 11.8. The number of nitrogens with zero attached hydrogens (tertiary/aromatic N) is 3. The highest BCUT2D eigenvalue weighted by atomic mass is 16.5. The molecular weight excluding hydrogens is 256 g/mol. The average molecular weight is 276 g/mol. The number of rotatable bonds is 4. The molecule has 6 heteroatoms. The molecule has 0 radical (unpaired) electrons. The number of hydrogen-bond acceptors (Lipinski definition) is 5. The molecule has 0 unspecified atom stereocenters. The molecule has 0 atom stereocenters. The summed E-state index contributed by atoms with van der Waals surface area (Å²) >= 11 is 0. The van der Waals surface area contributed by atoms with Crippen LogP contribution in [-0.2, 0) is 16.1 Å². The van der Waals surface area contributed by atoms with Crippen LogP contribution >= 0.6 is 0 Å². The van der Waals surface area contributed by atoms with Crippen molar-refractivity contribution in [2.24, 2.45) is 5.92 Å². The van der Waals surface area contributed by atoms with Gasteiger partial charge in [0.05, 0.1) is 25.5 Å². The van der Waals surface area contributed by atoms with Gasteiger partial charge in [0.2, 0.25) is 11.9 Å². The van der Waals surface area contributed by atoms with E-state index in [0.29, 0.717) is 19.8 Å². The van der Waals surface area contributed by atoms with Gasteiger partial charge in [-0.25, -0.2) is 9.97 Å². The Hall–Kier alpha value is -1.69. The van der Waals surface area contributed by atoms with Crippen LogP contribution in [-0.4, -0.2) is 42.2 Å². The van der Waals surface area contributed by atoms with Gasteiger partial charge in [0.1, 0.15) is 0 Å². The lowest BCUT2D eigenvalue weighted by atomic mass is 10.3. The summed E-state index contributed by atoms with van der Waals surface area (Å²) in [5, 5.41) is 2.95. The monoisotopic (exact) mass is 276 g/mol. The van der Waals surface area contributed by atoms with Gasteiger partial charge in [0.25, 0.3) is 0 Å². The first-order valence-electron chi connectivity index (χ1n) is 7.17. The fourth-order valence-electron chi connectivity index (χ4n) is 2.28. The van der Waals surface area contributed by atoms with Gasteiger partial charge in [-0.15, -0.1) is 0 Å². The second kappa shape index (κ2) is 5.75. The number of morpholine rings is 1. The Morgan fingerprint density at radius 3 is 2.85 bits per heavy atom. The van der Waals surface area contributed by atoms with Crippen molar-refractivity contribution in [3.63, 3.8) is 0 Å². The summed E-state index contributed by atoms with van der Waals surface area (Å²) < 4.78 is 5.34. The van der Waals surface area contributed by atoms with E-state index in [2.05, 4.69) is 20.2 Å². The Morgan fingerprint density at radius 1 is 1.40 bits per heavy atom. The topological polar surface area (TPSA) is 67.4 Å². The minimum absolute atomic E-state index is 0.147. The molecule has 1 saturated carbocycles. The van der Waals surface area contributed by atoms with E-state index in [1.807, 2.05) is 13.0 Å². The summed E-state index contributed by atoms with van der Waals surface area (Å²) in [6.07, 6.45) is 2.04. The molecule has 2 fully saturated rings. The van der Waals surface area contributed by atoms with E-state index in [-0.39, 0.29) is 11.8 Å². The highest BCUT2D eigenvalue weighted by Gasteiger charge is 2.29. The van der Waals surface area contributed by atoms with Crippen LogP contribution in [0.25, 0.3) is 0 Å². The number of aryl methyl sites for hydroxylation is 1. The molecule has 6 nitrogen and oxygen atoms in total. The molecule has 2 heterocycles. The van der Waals surface area contributed by atoms with Gasteiger partial charge >= 0.3 is 0 Å². The van der Waals surface area contributed by atoms with E-state index in [1.54, 1.807) is 0 Å². The largest absolute Gasteiger partial charge is 0.378 e. The van der Waals surface area contributed by atoms with Crippen molar-refractivity contribution in [1.82, 2.24) is 15.3 Å². The molecule has 0 spiro atoms. The second-order valence-corrected chi connectivity index (χ2v) is 5.39. The lowest BCUT2D eigenvalue weighted by Gasteiger charge is -2.27. The number of nitrogens with one attached hydrogen (secondary N) is 1. The third-order valence-electron chi connectivity index (χ3n) is 3.58. The Kier molecular flexibility index (Phi) is 3.82. The second-order valence-electron chi connectivity index (χ2n) is 5.39. The number of ether oxygens (including phenoxy) is 1. The molecular formula is C14H20N4O2. The maximum atomic E-state index is 11.7. The Bertz CT molecular complexity index is 496. The molecule has 1 aromatic heterocycles. The first kappa shape index (κ1) is 13.3. The van der Waals surface area contributed by atoms with Crippen molar-refractivity contribution < 1.29 is 9.53 Å². The van der Waals surface area contributed by atoms with Gasteiger partial charge in [-0.05, 0) is 25.8 Å². The highest BCUT2D eigenvalue weighted by molar-refractivity contribution is 5.80. The van der Waals surface area contributed by atoms with Gasteiger partial charge in [-0.3, -0.25) is 4.79 Å². The average Bonchev–Trinajstić information content (AvgIpc) is 3.30. The predicted octanol–water partition coefficient (Wildman–Crippen LogP) is 0.648. The Balaban J connectivity index is 1.67. The number of amides is 1. The smallest absolute Gasteiger partial charge is 0.225 e. The van der Waals surface area contributed by atoms with Gasteiger partial charge in [-0.1, -0.05) is 0 Å². The zero-order chi connectivity index (χ0) is 13.9. The number of carbonyl (C=O) groups is 1. The fourth-order valence-corrected chi connectivity index (χ4v) is 2.28. The van der Waals surface area contributed by atoms with E-state index in [9.17, 15) is 4.79 Å². The molecule has 108 valence electrons.